The van der Waals surface area contributed by atoms with Crippen LogP contribution >= 0.6 is 0 Å². The van der Waals surface area contributed by atoms with Crippen LogP contribution in [-0.4, -0.2) is 23.0 Å². The van der Waals surface area contributed by atoms with Crippen LogP contribution < -0.4 is 5.32 Å². The highest BCUT2D eigenvalue weighted by atomic mass is 15.3. The van der Waals surface area contributed by atoms with Gasteiger partial charge in [0, 0.05) is 32.0 Å². The van der Waals surface area contributed by atoms with Crippen LogP contribution in [0.2, 0.25) is 0 Å². The largest absolute Gasteiger partial charge is 0.370 e. The van der Waals surface area contributed by atoms with E-state index in [0.717, 1.165) is 25.5 Å². The minimum Gasteiger partial charge on any atom is -0.370 e. The van der Waals surface area contributed by atoms with Crippen molar-refractivity contribution in [2.75, 3.05) is 13.1 Å². The number of nitrogens with zero attached hydrogens (tertiary/aromatic N) is 2. The van der Waals surface area contributed by atoms with E-state index in [1.807, 2.05) is 12.3 Å². The van der Waals surface area contributed by atoms with Gasteiger partial charge in [0.05, 0.1) is 5.82 Å². The van der Waals surface area contributed by atoms with Gasteiger partial charge in [-0.25, -0.2) is 0 Å². The first-order chi connectivity index (χ1) is 6.36. The molecule has 1 aromatic rings. The van der Waals surface area contributed by atoms with Crippen LogP contribution in [0.1, 0.15) is 5.56 Å². The maximum absolute atomic E-state index is 4.08. The lowest BCUT2D eigenvalue weighted by atomic mass is 10.3. The lowest BCUT2D eigenvalue weighted by Gasteiger charge is -2.17. The molecule has 2 rings (SSSR count). The summed E-state index contributed by atoms with van der Waals surface area (Å²) < 4.78 is 0. The molecule has 0 amide bonds. The van der Waals surface area contributed by atoms with E-state index in [4.69, 9.17) is 0 Å². The van der Waals surface area contributed by atoms with Crippen molar-refractivity contribution in [1.82, 2.24) is 15.2 Å². The SMILES string of the molecule is C=C1NCCN1Cc1cccnc1. The summed E-state index contributed by atoms with van der Waals surface area (Å²) in [5.74, 6) is 1.02. The Morgan fingerprint density at radius 3 is 3.15 bits per heavy atom. The Bertz CT molecular complexity index is 294. The molecule has 0 saturated carbocycles. The van der Waals surface area contributed by atoms with Gasteiger partial charge in [-0.15, -0.1) is 0 Å². The number of pyridine rings is 1. The molecule has 0 unspecified atom stereocenters. The summed E-state index contributed by atoms with van der Waals surface area (Å²) >= 11 is 0. The normalized spacial score (nSPS) is 16.0. The molecule has 1 saturated heterocycles. The van der Waals surface area contributed by atoms with Gasteiger partial charge in [0.2, 0.25) is 0 Å². The minimum atomic E-state index is 0.902. The van der Waals surface area contributed by atoms with Crippen LogP contribution in [0.5, 0.6) is 0 Å². The summed E-state index contributed by atoms with van der Waals surface area (Å²) in [6.07, 6.45) is 3.69. The molecule has 1 aliphatic heterocycles. The molecule has 68 valence electrons. The Hall–Kier alpha value is -1.51. The van der Waals surface area contributed by atoms with Gasteiger partial charge in [-0.05, 0) is 11.6 Å². The molecule has 1 aliphatic rings. The Morgan fingerprint density at radius 1 is 1.62 bits per heavy atom. The van der Waals surface area contributed by atoms with Crippen molar-refractivity contribution in [3.63, 3.8) is 0 Å². The third-order valence-electron chi connectivity index (χ3n) is 2.19. The monoisotopic (exact) mass is 175 g/mol. The van der Waals surface area contributed by atoms with E-state index in [1.165, 1.54) is 5.56 Å². The molecule has 0 aromatic carbocycles. The summed E-state index contributed by atoms with van der Waals surface area (Å²) in [6.45, 7) is 6.86. The molecule has 2 heterocycles. The van der Waals surface area contributed by atoms with Gasteiger partial charge in [-0.2, -0.15) is 0 Å². The third kappa shape index (κ3) is 1.80. The van der Waals surface area contributed by atoms with Crippen molar-refractivity contribution < 1.29 is 0 Å². The smallest absolute Gasteiger partial charge is 0.0943 e. The van der Waals surface area contributed by atoms with Crippen LogP contribution in [0.3, 0.4) is 0 Å². The zero-order chi connectivity index (χ0) is 9.10. The molecule has 1 aromatic heterocycles. The van der Waals surface area contributed by atoms with Gasteiger partial charge in [0.25, 0.3) is 0 Å². The van der Waals surface area contributed by atoms with Crippen molar-refractivity contribution >= 4 is 0 Å². The molecule has 3 heteroatoms. The average molecular weight is 175 g/mol. The van der Waals surface area contributed by atoms with Crippen LogP contribution in [0, 0.1) is 0 Å². The van der Waals surface area contributed by atoms with E-state index in [1.54, 1.807) is 6.20 Å². The molecule has 0 atom stereocenters. The van der Waals surface area contributed by atoms with Gasteiger partial charge >= 0.3 is 0 Å². The Morgan fingerprint density at radius 2 is 2.54 bits per heavy atom. The maximum Gasteiger partial charge on any atom is 0.0943 e. The lowest BCUT2D eigenvalue weighted by Crippen LogP contribution is -2.18. The first kappa shape index (κ1) is 8.10. The number of rotatable bonds is 2. The van der Waals surface area contributed by atoms with Crippen LogP contribution in [0.4, 0.5) is 0 Å². The Balaban J connectivity index is 2.02. The summed E-state index contributed by atoms with van der Waals surface area (Å²) in [7, 11) is 0. The van der Waals surface area contributed by atoms with Crippen LogP contribution in [-0.2, 0) is 6.54 Å². The zero-order valence-corrected chi connectivity index (χ0v) is 7.53. The molecule has 0 radical (unpaired) electrons. The molecule has 1 fully saturated rings. The van der Waals surface area contributed by atoms with Crippen molar-refractivity contribution in [3.8, 4) is 0 Å². The van der Waals surface area contributed by atoms with Gasteiger partial charge in [-0.3, -0.25) is 4.98 Å². The average Bonchev–Trinajstić information content (AvgIpc) is 2.54. The van der Waals surface area contributed by atoms with Crippen LogP contribution in [0.25, 0.3) is 0 Å². The van der Waals surface area contributed by atoms with Gasteiger partial charge < -0.3 is 10.2 Å². The highest BCUT2D eigenvalue weighted by molar-refractivity contribution is 5.11. The van der Waals surface area contributed by atoms with Crippen LogP contribution in [0.15, 0.2) is 36.9 Å². The molecule has 3 nitrogen and oxygen atoms in total. The highest BCUT2D eigenvalue weighted by Gasteiger charge is 2.13. The summed E-state index contributed by atoms with van der Waals surface area (Å²) in [5.41, 5.74) is 1.23. The highest BCUT2D eigenvalue weighted by Crippen LogP contribution is 2.09. The molecular weight excluding hydrogens is 162 g/mol. The minimum absolute atomic E-state index is 0.902. The number of aromatic nitrogens is 1. The first-order valence-electron chi connectivity index (χ1n) is 4.43. The topological polar surface area (TPSA) is 28.2 Å². The number of hydrogen-bond donors (Lipinski definition) is 1. The fraction of sp³-hybridized carbons (Fsp3) is 0.300. The van der Waals surface area contributed by atoms with Crippen molar-refractivity contribution in [3.05, 3.63) is 42.5 Å². The predicted octanol–water partition coefficient (Wildman–Crippen LogP) is 0.958. The van der Waals surface area contributed by atoms with E-state index in [0.29, 0.717) is 0 Å². The van der Waals surface area contributed by atoms with E-state index in [-0.39, 0.29) is 0 Å². The summed E-state index contributed by atoms with van der Waals surface area (Å²) in [6, 6.07) is 4.04. The maximum atomic E-state index is 4.08. The molecule has 0 spiro atoms. The Labute approximate surface area is 78.1 Å². The molecule has 0 aliphatic carbocycles. The number of hydrogen-bond acceptors (Lipinski definition) is 3. The standard InChI is InChI=1S/C10H13N3/c1-9-12-5-6-13(9)8-10-3-2-4-11-7-10/h2-4,7,12H,1,5-6,8H2. The second-order valence-corrected chi connectivity index (χ2v) is 3.16. The summed E-state index contributed by atoms with van der Waals surface area (Å²) in [4.78, 5) is 6.29. The van der Waals surface area contributed by atoms with Crippen molar-refractivity contribution in [2.45, 2.75) is 6.54 Å². The first-order valence-corrected chi connectivity index (χ1v) is 4.43. The van der Waals surface area contributed by atoms with Gasteiger partial charge in [0.15, 0.2) is 0 Å². The quantitative estimate of drug-likeness (QED) is 0.725. The fourth-order valence-corrected chi connectivity index (χ4v) is 1.47. The van der Waals surface area contributed by atoms with E-state index < -0.39 is 0 Å². The van der Waals surface area contributed by atoms with E-state index in [2.05, 4.69) is 27.8 Å². The van der Waals surface area contributed by atoms with Gasteiger partial charge in [0.1, 0.15) is 0 Å². The molecule has 13 heavy (non-hydrogen) atoms. The molecule has 0 bridgehead atoms. The second-order valence-electron chi connectivity index (χ2n) is 3.16. The third-order valence-corrected chi connectivity index (χ3v) is 2.19. The fourth-order valence-electron chi connectivity index (χ4n) is 1.47. The predicted molar refractivity (Wildman–Crippen MR) is 51.8 cm³/mol. The van der Waals surface area contributed by atoms with Gasteiger partial charge in [-0.1, -0.05) is 12.6 Å². The summed E-state index contributed by atoms with van der Waals surface area (Å²) in [5, 5.41) is 3.20. The lowest BCUT2D eigenvalue weighted by molar-refractivity contribution is 0.389. The van der Waals surface area contributed by atoms with Crippen molar-refractivity contribution in [2.24, 2.45) is 0 Å². The number of nitrogens with one attached hydrogen (secondary N) is 1. The van der Waals surface area contributed by atoms with Crippen molar-refractivity contribution in [1.29, 1.82) is 0 Å². The molecular formula is C10H13N3. The Kier molecular flexibility index (Phi) is 2.17. The second kappa shape index (κ2) is 3.47. The zero-order valence-electron chi connectivity index (χ0n) is 7.53. The van der Waals surface area contributed by atoms with E-state index >= 15 is 0 Å². The molecule has 1 N–H and O–H groups in total. The van der Waals surface area contributed by atoms with E-state index in [9.17, 15) is 0 Å².